The number of carbonyl (C=O) groups is 2. The van der Waals surface area contributed by atoms with Gasteiger partial charge < -0.3 is 19.4 Å². The number of hydrogen-bond donors (Lipinski definition) is 0. The summed E-state index contributed by atoms with van der Waals surface area (Å²) >= 11 is 0. The highest BCUT2D eigenvalue weighted by molar-refractivity contribution is 5.90. The van der Waals surface area contributed by atoms with E-state index in [-0.39, 0.29) is 24.0 Å². The van der Waals surface area contributed by atoms with Gasteiger partial charge in [-0.25, -0.2) is 4.79 Å². The lowest BCUT2D eigenvalue weighted by Crippen LogP contribution is -2.61. The zero-order valence-corrected chi connectivity index (χ0v) is 13.5. The summed E-state index contributed by atoms with van der Waals surface area (Å²) in [5.74, 6) is 0.453. The summed E-state index contributed by atoms with van der Waals surface area (Å²) in [4.78, 5) is 30.7. The number of nitrogens with zero attached hydrogens (tertiary/aromatic N) is 3. The van der Waals surface area contributed by atoms with Crippen LogP contribution < -0.4 is 0 Å². The lowest BCUT2D eigenvalue weighted by Gasteiger charge is -2.42. The average Bonchev–Trinajstić information content (AvgIpc) is 2.76. The lowest BCUT2D eigenvalue weighted by molar-refractivity contribution is -0.143. The largest absolute Gasteiger partial charge is 0.383 e. The molecule has 120 valence electrons. The molecule has 2 atom stereocenters. The monoisotopic (exact) mass is 297 g/mol. The number of piperazine rings is 1. The van der Waals surface area contributed by atoms with Crippen molar-refractivity contribution in [1.82, 2.24) is 14.7 Å². The lowest BCUT2D eigenvalue weighted by atomic mass is 9.97. The Morgan fingerprint density at radius 3 is 2.48 bits per heavy atom. The van der Waals surface area contributed by atoms with Gasteiger partial charge >= 0.3 is 6.03 Å². The molecule has 21 heavy (non-hydrogen) atoms. The predicted octanol–water partition coefficient (Wildman–Crippen LogP) is 1.02. The Labute approximate surface area is 127 Å². The van der Waals surface area contributed by atoms with Crippen LogP contribution in [0.25, 0.3) is 0 Å². The van der Waals surface area contributed by atoms with Gasteiger partial charge in [-0.2, -0.15) is 0 Å². The van der Waals surface area contributed by atoms with Crippen molar-refractivity contribution in [2.45, 2.75) is 39.3 Å². The van der Waals surface area contributed by atoms with Crippen molar-refractivity contribution < 1.29 is 14.3 Å². The van der Waals surface area contributed by atoms with Gasteiger partial charge in [-0.1, -0.05) is 13.8 Å². The first-order valence-electron chi connectivity index (χ1n) is 7.84. The maximum atomic E-state index is 12.7. The highest BCUT2D eigenvalue weighted by Gasteiger charge is 2.48. The van der Waals surface area contributed by atoms with Crippen LogP contribution in [0, 0.1) is 5.92 Å². The summed E-state index contributed by atoms with van der Waals surface area (Å²) in [6.07, 6.45) is 0.724. The van der Waals surface area contributed by atoms with Crippen LogP contribution in [0.1, 0.15) is 27.2 Å². The Balaban J connectivity index is 2.19. The predicted molar refractivity (Wildman–Crippen MR) is 80.0 cm³/mol. The van der Waals surface area contributed by atoms with Crippen molar-refractivity contribution in [3.63, 3.8) is 0 Å². The maximum Gasteiger partial charge on any atom is 0.321 e. The van der Waals surface area contributed by atoms with Crippen molar-refractivity contribution in [3.05, 3.63) is 0 Å². The van der Waals surface area contributed by atoms with E-state index in [9.17, 15) is 9.59 Å². The van der Waals surface area contributed by atoms with Gasteiger partial charge in [0.15, 0.2) is 0 Å². The molecule has 0 aromatic heterocycles. The Morgan fingerprint density at radius 2 is 1.90 bits per heavy atom. The summed E-state index contributed by atoms with van der Waals surface area (Å²) < 4.78 is 5.10. The van der Waals surface area contributed by atoms with Crippen LogP contribution in [0.15, 0.2) is 0 Å². The minimum atomic E-state index is -0.315. The molecule has 2 saturated heterocycles. The molecule has 0 saturated carbocycles. The fourth-order valence-electron chi connectivity index (χ4n) is 3.28. The van der Waals surface area contributed by atoms with Gasteiger partial charge in [0.1, 0.15) is 6.04 Å². The Kier molecular flexibility index (Phi) is 5.08. The summed E-state index contributed by atoms with van der Waals surface area (Å²) in [7, 11) is 1.64. The van der Waals surface area contributed by atoms with Gasteiger partial charge in [-0.15, -0.1) is 0 Å². The number of rotatable bonds is 6. The quantitative estimate of drug-likeness (QED) is 0.735. The van der Waals surface area contributed by atoms with E-state index in [1.54, 1.807) is 7.11 Å². The highest BCUT2D eigenvalue weighted by atomic mass is 16.5. The van der Waals surface area contributed by atoms with Crippen molar-refractivity contribution >= 4 is 11.9 Å². The fraction of sp³-hybridized carbons (Fsp3) is 0.867. The third kappa shape index (κ3) is 3.15. The van der Waals surface area contributed by atoms with E-state index in [1.807, 2.05) is 21.6 Å². The van der Waals surface area contributed by atoms with E-state index in [4.69, 9.17) is 4.74 Å². The van der Waals surface area contributed by atoms with Gasteiger partial charge in [0.25, 0.3) is 0 Å². The fourth-order valence-corrected chi connectivity index (χ4v) is 3.28. The molecule has 6 heteroatoms. The maximum absolute atomic E-state index is 12.7. The van der Waals surface area contributed by atoms with Crippen molar-refractivity contribution in [2.24, 2.45) is 5.92 Å². The van der Waals surface area contributed by atoms with Gasteiger partial charge in [0.05, 0.1) is 12.6 Å². The molecule has 2 aliphatic rings. The second-order valence-corrected chi connectivity index (χ2v) is 6.30. The minimum Gasteiger partial charge on any atom is -0.383 e. The molecule has 0 radical (unpaired) electrons. The van der Waals surface area contributed by atoms with E-state index >= 15 is 0 Å². The molecule has 6 nitrogen and oxygen atoms in total. The van der Waals surface area contributed by atoms with Gasteiger partial charge in [0, 0.05) is 33.3 Å². The molecule has 2 fully saturated rings. The van der Waals surface area contributed by atoms with Crippen LogP contribution in [0.5, 0.6) is 0 Å². The van der Waals surface area contributed by atoms with Crippen LogP contribution in [-0.2, 0) is 9.53 Å². The molecule has 0 bridgehead atoms. The number of carbonyl (C=O) groups excluding carboxylic acids is 2. The number of hydrogen-bond acceptors (Lipinski definition) is 3. The molecular weight excluding hydrogens is 270 g/mol. The molecule has 3 amide bonds. The average molecular weight is 297 g/mol. The number of methoxy groups -OCH3 is 1. The van der Waals surface area contributed by atoms with E-state index < -0.39 is 0 Å². The summed E-state index contributed by atoms with van der Waals surface area (Å²) in [5.41, 5.74) is 0. The zero-order valence-electron chi connectivity index (χ0n) is 13.5. The molecule has 0 aromatic rings. The SMILES string of the molecule is CCN1C[C@@H]2CN(CCOC)C(=O)[C@H](CC(C)C)N2C1=O. The Bertz CT molecular complexity index is 400. The molecule has 2 rings (SSSR count). The number of amides is 3. The third-order valence-electron chi connectivity index (χ3n) is 4.32. The van der Waals surface area contributed by atoms with Crippen LogP contribution in [0.3, 0.4) is 0 Å². The number of likely N-dealkylation sites (N-methyl/N-ethyl adjacent to an activating group) is 1. The molecule has 0 N–H and O–H groups in total. The van der Waals surface area contributed by atoms with Crippen molar-refractivity contribution in [2.75, 3.05) is 39.9 Å². The molecule has 0 unspecified atom stereocenters. The Hall–Kier alpha value is -1.30. The third-order valence-corrected chi connectivity index (χ3v) is 4.32. The molecule has 2 heterocycles. The van der Waals surface area contributed by atoms with Crippen LogP contribution in [0.2, 0.25) is 0 Å². The van der Waals surface area contributed by atoms with Gasteiger partial charge in [-0.05, 0) is 19.3 Å². The first-order chi connectivity index (χ1) is 9.99. The first-order valence-corrected chi connectivity index (χ1v) is 7.84. The summed E-state index contributed by atoms with van der Waals surface area (Å²) in [6.45, 7) is 9.36. The molecule has 0 spiro atoms. The number of fused-ring (bicyclic) bond motifs is 1. The standard InChI is InChI=1S/C15H27N3O3/c1-5-16-9-12-10-17(6-7-21-4)14(19)13(8-11(2)3)18(12)15(16)20/h11-13H,5-10H2,1-4H3/t12-,13+/m1/s1. The van der Waals surface area contributed by atoms with Crippen LogP contribution in [0.4, 0.5) is 4.79 Å². The zero-order chi connectivity index (χ0) is 15.6. The van der Waals surface area contributed by atoms with Gasteiger partial charge in [-0.3, -0.25) is 4.79 Å². The number of urea groups is 1. The topological polar surface area (TPSA) is 53.1 Å². The smallest absolute Gasteiger partial charge is 0.321 e. The van der Waals surface area contributed by atoms with Crippen molar-refractivity contribution in [1.29, 1.82) is 0 Å². The first kappa shape index (κ1) is 16.1. The normalized spacial score (nSPS) is 26.0. The van der Waals surface area contributed by atoms with Crippen LogP contribution in [-0.4, -0.2) is 78.6 Å². The van der Waals surface area contributed by atoms with Crippen LogP contribution >= 0.6 is 0 Å². The molecule has 0 aliphatic carbocycles. The highest BCUT2D eigenvalue weighted by Crippen LogP contribution is 2.28. The number of ether oxygens (including phenoxy) is 1. The molecule has 0 aromatic carbocycles. The molecule has 2 aliphatic heterocycles. The van der Waals surface area contributed by atoms with E-state index in [0.29, 0.717) is 32.2 Å². The Morgan fingerprint density at radius 1 is 1.24 bits per heavy atom. The van der Waals surface area contributed by atoms with E-state index in [0.717, 1.165) is 13.0 Å². The second-order valence-electron chi connectivity index (χ2n) is 6.30. The van der Waals surface area contributed by atoms with E-state index in [2.05, 4.69) is 13.8 Å². The van der Waals surface area contributed by atoms with Crippen molar-refractivity contribution in [3.8, 4) is 0 Å². The van der Waals surface area contributed by atoms with Gasteiger partial charge in [0.2, 0.25) is 5.91 Å². The summed E-state index contributed by atoms with van der Waals surface area (Å²) in [6, 6.07) is -0.173. The second kappa shape index (κ2) is 6.64. The molecular formula is C15H27N3O3. The summed E-state index contributed by atoms with van der Waals surface area (Å²) in [5, 5.41) is 0. The minimum absolute atomic E-state index is 0.0212. The van der Waals surface area contributed by atoms with E-state index in [1.165, 1.54) is 0 Å².